The molecular formula is C12H18ClNS. The molecule has 1 aromatic rings. The van der Waals surface area contributed by atoms with Gasteiger partial charge in [-0.3, -0.25) is 0 Å². The SMILES string of the molecule is CC(Cc1ccc(Cl)s1)C(C)NC1CC1. The third-order valence-corrected chi connectivity index (χ3v) is 4.33. The Morgan fingerprint density at radius 2 is 2.20 bits per heavy atom. The minimum Gasteiger partial charge on any atom is -0.311 e. The minimum atomic E-state index is 0.610. The first kappa shape index (κ1) is 11.4. The molecule has 2 rings (SSSR count). The van der Waals surface area contributed by atoms with E-state index >= 15 is 0 Å². The topological polar surface area (TPSA) is 12.0 Å². The van der Waals surface area contributed by atoms with E-state index in [1.54, 1.807) is 11.3 Å². The smallest absolute Gasteiger partial charge is 0.0931 e. The van der Waals surface area contributed by atoms with Crippen LogP contribution in [-0.2, 0) is 6.42 Å². The highest BCUT2D eigenvalue weighted by Crippen LogP contribution is 2.26. The van der Waals surface area contributed by atoms with Crippen LogP contribution in [0.5, 0.6) is 0 Å². The van der Waals surface area contributed by atoms with Crippen LogP contribution in [0.3, 0.4) is 0 Å². The Labute approximate surface area is 101 Å². The Bertz CT molecular complexity index is 319. The maximum atomic E-state index is 5.92. The first-order valence-electron chi connectivity index (χ1n) is 5.65. The van der Waals surface area contributed by atoms with Gasteiger partial charge in [0.15, 0.2) is 0 Å². The number of thiophene rings is 1. The van der Waals surface area contributed by atoms with Gasteiger partial charge in [-0.25, -0.2) is 0 Å². The maximum Gasteiger partial charge on any atom is 0.0931 e. The number of hydrogen-bond acceptors (Lipinski definition) is 2. The van der Waals surface area contributed by atoms with Crippen LogP contribution >= 0.6 is 22.9 Å². The summed E-state index contributed by atoms with van der Waals surface area (Å²) in [5, 5.41) is 3.65. The van der Waals surface area contributed by atoms with Gasteiger partial charge < -0.3 is 5.32 Å². The lowest BCUT2D eigenvalue weighted by molar-refractivity contribution is 0.397. The van der Waals surface area contributed by atoms with Gasteiger partial charge in [0.1, 0.15) is 0 Å². The zero-order valence-corrected chi connectivity index (χ0v) is 10.9. The molecule has 1 N–H and O–H groups in total. The standard InChI is InChI=1S/C12H18ClNS/c1-8(9(2)14-10-3-4-10)7-11-5-6-12(13)15-11/h5-6,8-10,14H,3-4,7H2,1-2H3. The van der Waals surface area contributed by atoms with E-state index in [-0.39, 0.29) is 0 Å². The highest BCUT2D eigenvalue weighted by molar-refractivity contribution is 7.16. The normalized spacial score (nSPS) is 20.2. The number of hydrogen-bond donors (Lipinski definition) is 1. The van der Waals surface area contributed by atoms with Gasteiger partial charge in [0, 0.05) is 17.0 Å². The molecule has 1 aliphatic rings. The maximum absolute atomic E-state index is 5.92. The predicted octanol–water partition coefficient (Wildman–Crippen LogP) is 3.72. The molecule has 0 aliphatic heterocycles. The molecule has 0 radical (unpaired) electrons. The first-order valence-corrected chi connectivity index (χ1v) is 6.85. The van der Waals surface area contributed by atoms with Crippen molar-refractivity contribution in [2.45, 2.75) is 45.2 Å². The fourth-order valence-electron chi connectivity index (χ4n) is 1.74. The van der Waals surface area contributed by atoms with Crippen molar-refractivity contribution in [2.24, 2.45) is 5.92 Å². The van der Waals surface area contributed by atoms with Crippen molar-refractivity contribution < 1.29 is 0 Å². The van der Waals surface area contributed by atoms with E-state index in [4.69, 9.17) is 11.6 Å². The van der Waals surface area contributed by atoms with Gasteiger partial charge >= 0.3 is 0 Å². The molecule has 1 fully saturated rings. The van der Waals surface area contributed by atoms with Crippen molar-refractivity contribution in [2.75, 3.05) is 0 Å². The number of rotatable bonds is 5. The van der Waals surface area contributed by atoms with Gasteiger partial charge in [-0.15, -0.1) is 11.3 Å². The van der Waals surface area contributed by atoms with E-state index in [9.17, 15) is 0 Å². The van der Waals surface area contributed by atoms with Gasteiger partial charge in [0.2, 0.25) is 0 Å². The molecule has 15 heavy (non-hydrogen) atoms. The fraction of sp³-hybridized carbons (Fsp3) is 0.667. The summed E-state index contributed by atoms with van der Waals surface area (Å²) in [6.07, 6.45) is 3.86. The van der Waals surface area contributed by atoms with Crippen LogP contribution in [0.1, 0.15) is 31.6 Å². The summed E-state index contributed by atoms with van der Waals surface area (Å²) < 4.78 is 0.903. The average molecular weight is 244 g/mol. The van der Waals surface area contributed by atoms with Crippen LogP contribution in [0.25, 0.3) is 0 Å². The molecular weight excluding hydrogens is 226 g/mol. The molecule has 0 spiro atoms. The van der Waals surface area contributed by atoms with Crippen molar-refractivity contribution in [3.8, 4) is 0 Å². The summed E-state index contributed by atoms with van der Waals surface area (Å²) in [5.41, 5.74) is 0. The second-order valence-corrected chi connectivity index (χ2v) is 6.42. The molecule has 0 saturated heterocycles. The zero-order valence-electron chi connectivity index (χ0n) is 9.29. The van der Waals surface area contributed by atoms with Crippen LogP contribution in [0.15, 0.2) is 12.1 Å². The summed E-state index contributed by atoms with van der Waals surface area (Å²) in [4.78, 5) is 1.40. The minimum absolute atomic E-state index is 0.610. The Hall–Kier alpha value is -0.0500. The monoisotopic (exact) mass is 243 g/mol. The van der Waals surface area contributed by atoms with Gasteiger partial charge in [-0.1, -0.05) is 18.5 Å². The lowest BCUT2D eigenvalue weighted by Crippen LogP contribution is -2.34. The fourth-order valence-corrected chi connectivity index (χ4v) is 2.97. The summed E-state index contributed by atoms with van der Waals surface area (Å²) in [6, 6.07) is 5.55. The van der Waals surface area contributed by atoms with Gasteiger partial charge in [0.05, 0.1) is 4.34 Å². The molecule has 1 heterocycles. The lowest BCUT2D eigenvalue weighted by atomic mass is 9.99. The summed E-state index contributed by atoms with van der Waals surface area (Å²) >= 11 is 7.63. The first-order chi connectivity index (χ1) is 7.15. The number of nitrogens with one attached hydrogen (secondary N) is 1. The molecule has 1 aromatic heterocycles. The van der Waals surface area contributed by atoms with Crippen molar-refractivity contribution in [1.82, 2.24) is 5.32 Å². The predicted molar refractivity (Wildman–Crippen MR) is 67.8 cm³/mol. The lowest BCUT2D eigenvalue weighted by Gasteiger charge is -2.20. The summed E-state index contributed by atoms with van der Waals surface area (Å²) in [5.74, 6) is 0.681. The molecule has 1 saturated carbocycles. The Kier molecular flexibility index (Phi) is 3.70. The highest BCUT2D eigenvalue weighted by Gasteiger charge is 2.25. The quantitative estimate of drug-likeness (QED) is 0.831. The van der Waals surface area contributed by atoms with E-state index in [1.165, 1.54) is 17.7 Å². The molecule has 0 aromatic carbocycles. The van der Waals surface area contributed by atoms with Crippen molar-refractivity contribution in [3.63, 3.8) is 0 Å². The molecule has 84 valence electrons. The molecule has 0 bridgehead atoms. The molecule has 1 aliphatic carbocycles. The Balaban J connectivity index is 1.82. The highest BCUT2D eigenvalue weighted by atomic mass is 35.5. The largest absolute Gasteiger partial charge is 0.311 e. The van der Waals surface area contributed by atoms with Gasteiger partial charge in [0.25, 0.3) is 0 Å². The van der Waals surface area contributed by atoms with Crippen LogP contribution < -0.4 is 5.32 Å². The number of halogens is 1. The second kappa shape index (κ2) is 4.86. The molecule has 0 amide bonds. The van der Waals surface area contributed by atoms with Crippen LogP contribution in [0.2, 0.25) is 4.34 Å². The Morgan fingerprint density at radius 1 is 1.47 bits per heavy atom. The van der Waals surface area contributed by atoms with E-state index in [0.717, 1.165) is 16.8 Å². The molecule has 2 unspecified atom stereocenters. The second-order valence-electron chi connectivity index (χ2n) is 4.62. The molecule has 2 atom stereocenters. The summed E-state index contributed by atoms with van der Waals surface area (Å²) in [7, 11) is 0. The van der Waals surface area contributed by atoms with E-state index in [1.807, 2.05) is 6.07 Å². The zero-order chi connectivity index (χ0) is 10.8. The average Bonchev–Trinajstić information content (AvgIpc) is 2.90. The van der Waals surface area contributed by atoms with E-state index in [2.05, 4.69) is 25.2 Å². The van der Waals surface area contributed by atoms with Crippen LogP contribution in [0, 0.1) is 5.92 Å². The Morgan fingerprint density at radius 3 is 2.73 bits per heavy atom. The van der Waals surface area contributed by atoms with Gasteiger partial charge in [-0.05, 0) is 44.2 Å². The van der Waals surface area contributed by atoms with Crippen molar-refractivity contribution in [1.29, 1.82) is 0 Å². The van der Waals surface area contributed by atoms with Crippen molar-refractivity contribution in [3.05, 3.63) is 21.3 Å². The van der Waals surface area contributed by atoms with E-state index < -0.39 is 0 Å². The van der Waals surface area contributed by atoms with Crippen LogP contribution in [-0.4, -0.2) is 12.1 Å². The van der Waals surface area contributed by atoms with Crippen LogP contribution in [0.4, 0.5) is 0 Å². The molecule has 3 heteroatoms. The van der Waals surface area contributed by atoms with Crippen molar-refractivity contribution >= 4 is 22.9 Å². The molecule has 1 nitrogen and oxygen atoms in total. The summed E-state index contributed by atoms with van der Waals surface area (Å²) in [6.45, 7) is 4.60. The third kappa shape index (κ3) is 3.47. The third-order valence-electron chi connectivity index (χ3n) is 3.08. The van der Waals surface area contributed by atoms with Gasteiger partial charge in [-0.2, -0.15) is 0 Å². The van der Waals surface area contributed by atoms with E-state index in [0.29, 0.717) is 12.0 Å².